The van der Waals surface area contributed by atoms with Crippen LogP contribution in [0.4, 0.5) is 0 Å². The van der Waals surface area contributed by atoms with Gasteiger partial charge in [0.25, 0.3) is 0 Å². The van der Waals surface area contributed by atoms with Gasteiger partial charge in [0.2, 0.25) is 0 Å². The molecule has 1 saturated carbocycles. The lowest BCUT2D eigenvalue weighted by molar-refractivity contribution is 0.131. The number of allylic oxidation sites excluding steroid dienone is 2. The lowest BCUT2D eigenvalue weighted by Crippen LogP contribution is -2.50. The van der Waals surface area contributed by atoms with Crippen molar-refractivity contribution in [2.75, 3.05) is 6.16 Å². The van der Waals surface area contributed by atoms with Crippen molar-refractivity contribution >= 4 is 34.4 Å². The van der Waals surface area contributed by atoms with E-state index in [1.54, 1.807) is 0 Å². The molecule has 0 aromatic heterocycles. The molecule has 0 bridgehead atoms. The van der Waals surface area contributed by atoms with E-state index < -0.39 is 23.8 Å². The van der Waals surface area contributed by atoms with Crippen LogP contribution in [0.2, 0.25) is 36.3 Å². The van der Waals surface area contributed by atoms with Crippen molar-refractivity contribution in [2.24, 2.45) is 0 Å². The van der Waals surface area contributed by atoms with Gasteiger partial charge in [-0.3, -0.25) is 0 Å². The molecule has 1 aliphatic rings. The molecule has 232 valence electrons. The van der Waals surface area contributed by atoms with Crippen molar-refractivity contribution in [3.8, 4) is 0 Å². The van der Waals surface area contributed by atoms with E-state index in [2.05, 4.69) is 86.8 Å². The molecule has 0 spiro atoms. The van der Waals surface area contributed by atoms with Crippen LogP contribution in [0.15, 0.2) is 84.0 Å². The Morgan fingerprint density at radius 1 is 0.738 bits per heavy atom. The molecule has 2 aromatic carbocycles. The van der Waals surface area contributed by atoms with Crippen molar-refractivity contribution < 1.29 is 13.4 Å². The van der Waals surface area contributed by atoms with Crippen LogP contribution in [0, 0.1) is 0 Å². The molecule has 2 aromatic rings. The smallest absolute Gasteiger partial charge is 0.192 e. The van der Waals surface area contributed by atoms with Crippen LogP contribution >= 0.6 is 7.14 Å². The monoisotopic (exact) mass is 624 g/mol. The summed E-state index contributed by atoms with van der Waals surface area (Å²) in [6, 6.07) is 20.0. The van der Waals surface area contributed by atoms with Gasteiger partial charge in [-0.15, -0.1) is 0 Å². The fourth-order valence-corrected chi connectivity index (χ4v) is 10.1. The molecule has 0 heterocycles. The van der Waals surface area contributed by atoms with Crippen LogP contribution in [0.25, 0.3) is 0 Å². The first-order valence-electron chi connectivity index (χ1n) is 15.8. The van der Waals surface area contributed by atoms with E-state index in [9.17, 15) is 4.57 Å². The standard InChI is InChI=1S/C36H57O3PSi2/c1-12-13-24-32-33(38-41(8,9)35(2,3)4)27-29(28-34(32)39-42(10,11)36(5,6)7)25-26-40(37,30-20-16-14-17-21-30)31-22-18-15-19-23-31/h14-25,33-34H,12-13,26-28H2,1-11H3/t33-,34+. The summed E-state index contributed by atoms with van der Waals surface area (Å²) < 4.78 is 29.3. The molecule has 0 radical (unpaired) electrons. The Hall–Kier alpha value is -1.50. The predicted octanol–water partition coefficient (Wildman–Crippen LogP) is 10.2. The number of rotatable bonds is 10. The Balaban J connectivity index is 2.09. The third-order valence-electron chi connectivity index (χ3n) is 9.78. The molecule has 3 nitrogen and oxygen atoms in total. The maximum absolute atomic E-state index is 14.8. The molecule has 1 fully saturated rings. The zero-order chi connectivity index (χ0) is 31.4. The van der Waals surface area contributed by atoms with Crippen molar-refractivity contribution in [1.82, 2.24) is 0 Å². The quantitative estimate of drug-likeness (QED) is 0.150. The van der Waals surface area contributed by atoms with Crippen LogP contribution in [-0.2, 0) is 13.4 Å². The van der Waals surface area contributed by atoms with Gasteiger partial charge < -0.3 is 13.4 Å². The topological polar surface area (TPSA) is 35.5 Å². The Morgan fingerprint density at radius 2 is 1.14 bits per heavy atom. The minimum absolute atomic E-state index is 0.0138. The van der Waals surface area contributed by atoms with E-state index in [0.29, 0.717) is 6.16 Å². The minimum atomic E-state index is -2.85. The summed E-state index contributed by atoms with van der Waals surface area (Å²) >= 11 is 0. The second-order valence-electron chi connectivity index (χ2n) is 15.1. The van der Waals surface area contributed by atoms with E-state index in [0.717, 1.165) is 36.3 Å². The first-order valence-corrected chi connectivity index (χ1v) is 23.6. The van der Waals surface area contributed by atoms with Gasteiger partial charge in [-0.1, -0.05) is 133 Å². The molecule has 0 saturated heterocycles. The molecule has 42 heavy (non-hydrogen) atoms. The second kappa shape index (κ2) is 13.6. The summed E-state index contributed by atoms with van der Waals surface area (Å²) in [7, 11) is -6.97. The van der Waals surface area contributed by atoms with Gasteiger partial charge in [0, 0.05) is 16.8 Å². The third-order valence-corrected chi connectivity index (χ3v) is 21.7. The highest BCUT2D eigenvalue weighted by Gasteiger charge is 2.45. The molecule has 0 unspecified atom stereocenters. The Kier molecular flexibility index (Phi) is 11.4. The number of hydrogen-bond donors (Lipinski definition) is 0. The molecule has 3 rings (SSSR count). The summed E-state index contributed by atoms with van der Waals surface area (Å²) in [5.41, 5.74) is 2.64. The van der Waals surface area contributed by atoms with E-state index in [1.807, 2.05) is 60.7 Å². The SMILES string of the molecule is CCCC=C1[C@@H](O[Si](C)(C)C(C)(C)C)CC(=CCP(=O)(c2ccccc2)c2ccccc2)C[C@H]1O[Si](C)(C)C(C)(C)C. The maximum atomic E-state index is 14.8. The van der Waals surface area contributed by atoms with Gasteiger partial charge in [0.05, 0.1) is 12.2 Å². The average molecular weight is 625 g/mol. The first-order chi connectivity index (χ1) is 19.4. The van der Waals surface area contributed by atoms with Crippen LogP contribution in [-0.4, -0.2) is 35.0 Å². The van der Waals surface area contributed by atoms with Crippen molar-refractivity contribution in [3.63, 3.8) is 0 Å². The fraction of sp³-hybridized carbons (Fsp3) is 0.556. The highest BCUT2D eigenvalue weighted by atomic mass is 31.2. The molecule has 1 aliphatic carbocycles. The minimum Gasteiger partial charge on any atom is -0.410 e. The van der Waals surface area contributed by atoms with Crippen LogP contribution in [0.1, 0.15) is 74.1 Å². The van der Waals surface area contributed by atoms with E-state index >= 15 is 0 Å². The normalized spacial score (nSPS) is 21.2. The van der Waals surface area contributed by atoms with Crippen molar-refractivity contribution in [1.29, 1.82) is 0 Å². The summed E-state index contributed by atoms with van der Waals surface area (Å²) in [4.78, 5) is 0. The first kappa shape index (κ1) is 35.0. The molecule has 0 N–H and O–H groups in total. The highest BCUT2D eigenvalue weighted by Crippen LogP contribution is 2.47. The summed E-state index contributed by atoms with van der Waals surface area (Å²) in [6.45, 7) is 25.5. The Bertz CT molecular complexity index is 1180. The maximum Gasteiger partial charge on any atom is 0.192 e. The largest absolute Gasteiger partial charge is 0.410 e. The van der Waals surface area contributed by atoms with Gasteiger partial charge in [0.1, 0.15) is 7.14 Å². The molecule has 0 aliphatic heterocycles. The summed E-state index contributed by atoms with van der Waals surface area (Å²) in [6.07, 6.45) is 8.98. The van der Waals surface area contributed by atoms with Crippen molar-refractivity contribution in [3.05, 3.63) is 84.0 Å². The van der Waals surface area contributed by atoms with E-state index in [1.165, 1.54) is 11.1 Å². The molecular weight excluding hydrogens is 568 g/mol. The fourth-order valence-electron chi connectivity index (χ4n) is 4.98. The van der Waals surface area contributed by atoms with Gasteiger partial charge in [0.15, 0.2) is 16.6 Å². The Morgan fingerprint density at radius 3 is 1.50 bits per heavy atom. The number of hydrogen-bond acceptors (Lipinski definition) is 3. The van der Waals surface area contributed by atoms with Gasteiger partial charge in [-0.25, -0.2) is 0 Å². The summed E-state index contributed by atoms with van der Waals surface area (Å²) in [5, 5.41) is 2.04. The van der Waals surface area contributed by atoms with Gasteiger partial charge in [-0.05, 0) is 61.1 Å². The van der Waals surface area contributed by atoms with Crippen molar-refractivity contribution in [2.45, 2.75) is 123 Å². The van der Waals surface area contributed by atoms with Gasteiger partial charge >= 0.3 is 0 Å². The average Bonchev–Trinajstić information content (AvgIpc) is 2.90. The molecule has 0 amide bonds. The number of unbranched alkanes of at least 4 members (excludes halogenated alkanes) is 1. The van der Waals surface area contributed by atoms with Crippen LogP contribution in [0.5, 0.6) is 0 Å². The predicted molar refractivity (Wildman–Crippen MR) is 189 cm³/mol. The molecular formula is C36H57O3PSi2. The summed E-state index contributed by atoms with van der Waals surface area (Å²) in [5.74, 6) is 0. The second-order valence-corrected chi connectivity index (χ2v) is 27.5. The highest BCUT2D eigenvalue weighted by molar-refractivity contribution is 7.78. The van der Waals surface area contributed by atoms with E-state index in [-0.39, 0.29) is 22.3 Å². The lowest BCUT2D eigenvalue weighted by atomic mass is 9.85. The van der Waals surface area contributed by atoms with E-state index in [4.69, 9.17) is 8.85 Å². The molecule has 2 atom stereocenters. The van der Waals surface area contributed by atoms with Gasteiger partial charge in [-0.2, -0.15) is 0 Å². The Labute approximate surface area is 259 Å². The zero-order valence-electron chi connectivity index (χ0n) is 28.3. The zero-order valence-corrected chi connectivity index (χ0v) is 31.2. The van der Waals surface area contributed by atoms with Crippen LogP contribution in [0.3, 0.4) is 0 Å². The number of benzene rings is 2. The molecule has 6 heteroatoms. The van der Waals surface area contributed by atoms with Crippen LogP contribution < -0.4 is 10.6 Å². The third kappa shape index (κ3) is 8.36. The lowest BCUT2D eigenvalue weighted by Gasteiger charge is -2.46.